The maximum absolute atomic E-state index is 5.75. The molecule has 3 aromatic heterocycles. The summed E-state index contributed by atoms with van der Waals surface area (Å²) in [6, 6.07) is 15.1. The fourth-order valence-electron chi connectivity index (χ4n) is 2.75. The highest BCUT2D eigenvalue weighted by atomic mass is 16.5. The van der Waals surface area contributed by atoms with E-state index in [0.29, 0.717) is 29.8 Å². The Morgan fingerprint density at radius 2 is 1.82 bits per heavy atom. The Bertz CT molecular complexity index is 1080. The minimum atomic E-state index is 0.414. The molecular weight excluding hydrogens is 356 g/mol. The van der Waals surface area contributed by atoms with Crippen LogP contribution in [0.25, 0.3) is 34.1 Å². The van der Waals surface area contributed by atoms with E-state index in [1.54, 1.807) is 19.5 Å². The molecule has 3 heterocycles. The van der Waals surface area contributed by atoms with Gasteiger partial charge in [0.25, 0.3) is 5.89 Å². The van der Waals surface area contributed by atoms with E-state index in [0.717, 1.165) is 22.6 Å². The number of rotatable bonds is 6. The Morgan fingerprint density at radius 1 is 0.964 bits per heavy atom. The minimum Gasteiger partial charge on any atom is -0.497 e. The molecule has 0 aliphatic rings. The average molecular weight is 374 g/mol. The van der Waals surface area contributed by atoms with Crippen LogP contribution in [0, 0.1) is 0 Å². The van der Waals surface area contributed by atoms with Gasteiger partial charge in [0, 0.05) is 23.5 Å². The molecule has 0 aliphatic heterocycles. The second kappa shape index (κ2) is 7.87. The highest BCUT2D eigenvalue weighted by molar-refractivity contribution is 5.69. The van der Waals surface area contributed by atoms with Gasteiger partial charge in [0.05, 0.1) is 25.0 Å². The van der Waals surface area contributed by atoms with E-state index in [9.17, 15) is 0 Å². The second-order valence-corrected chi connectivity index (χ2v) is 5.87. The summed E-state index contributed by atoms with van der Waals surface area (Å²) >= 11 is 0. The van der Waals surface area contributed by atoms with E-state index in [1.807, 2.05) is 55.5 Å². The quantitative estimate of drug-likeness (QED) is 0.498. The van der Waals surface area contributed by atoms with Crippen molar-refractivity contribution in [1.29, 1.82) is 0 Å². The first-order chi connectivity index (χ1) is 13.8. The number of ether oxygens (including phenoxy) is 2. The highest BCUT2D eigenvalue weighted by Crippen LogP contribution is 2.32. The molecule has 0 atom stereocenters. The predicted octanol–water partition coefficient (Wildman–Crippen LogP) is 4.27. The van der Waals surface area contributed by atoms with Crippen LogP contribution >= 0.6 is 0 Å². The van der Waals surface area contributed by atoms with Gasteiger partial charge in [0.1, 0.15) is 5.75 Å². The first kappa shape index (κ1) is 17.7. The molecule has 4 rings (SSSR count). The number of benzene rings is 1. The molecule has 28 heavy (non-hydrogen) atoms. The lowest BCUT2D eigenvalue weighted by atomic mass is 10.1. The molecule has 0 N–H and O–H groups in total. The van der Waals surface area contributed by atoms with Gasteiger partial charge in [-0.2, -0.15) is 4.98 Å². The van der Waals surface area contributed by atoms with Gasteiger partial charge in [0.15, 0.2) is 0 Å². The van der Waals surface area contributed by atoms with E-state index in [1.165, 1.54) is 0 Å². The lowest BCUT2D eigenvalue weighted by molar-refractivity contribution is 0.328. The first-order valence-corrected chi connectivity index (χ1v) is 8.81. The SMILES string of the molecule is CCOc1nc(-c2cccc(OC)c2)ccc1-c1noc(-c2ccncc2)n1. The van der Waals surface area contributed by atoms with Crippen molar-refractivity contribution in [2.75, 3.05) is 13.7 Å². The largest absolute Gasteiger partial charge is 0.497 e. The minimum absolute atomic E-state index is 0.414. The maximum Gasteiger partial charge on any atom is 0.258 e. The van der Waals surface area contributed by atoms with Gasteiger partial charge in [-0.15, -0.1) is 0 Å². The van der Waals surface area contributed by atoms with Crippen LogP contribution in [0.5, 0.6) is 11.6 Å². The van der Waals surface area contributed by atoms with Crippen molar-refractivity contribution in [3.05, 3.63) is 60.9 Å². The Morgan fingerprint density at radius 3 is 2.61 bits per heavy atom. The van der Waals surface area contributed by atoms with Crippen molar-refractivity contribution in [1.82, 2.24) is 20.1 Å². The standard InChI is InChI=1S/C21H18N4O3/c1-3-27-21-17(19-24-20(28-25-19)14-9-11-22-12-10-14)7-8-18(23-21)15-5-4-6-16(13-15)26-2/h4-13H,3H2,1-2H3. The highest BCUT2D eigenvalue weighted by Gasteiger charge is 2.17. The summed E-state index contributed by atoms with van der Waals surface area (Å²) in [6.45, 7) is 2.37. The molecule has 0 amide bonds. The number of methoxy groups -OCH3 is 1. The molecule has 0 saturated carbocycles. The van der Waals surface area contributed by atoms with Crippen LogP contribution in [0.4, 0.5) is 0 Å². The topological polar surface area (TPSA) is 83.2 Å². The number of hydrogen-bond donors (Lipinski definition) is 0. The normalized spacial score (nSPS) is 10.6. The third-order valence-corrected chi connectivity index (χ3v) is 4.10. The Balaban J connectivity index is 1.72. The van der Waals surface area contributed by atoms with Gasteiger partial charge in [-0.3, -0.25) is 4.98 Å². The van der Waals surface area contributed by atoms with Crippen LogP contribution in [-0.4, -0.2) is 33.8 Å². The lowest BCUT2D eigenvalue weighted by Crippen LogP contribution is -1.99. The molecule has 7 nitrogen and oxygen atoms in total. The molecule has 0 aliphatic carbocycles. The maximum atomic E-state index is 5.75. The van der Waals surface area contributed by atoms with E-state index in [-0.39, 0.29) is 0 Å². The van der Waals surface area contributed by atoms with Crippen LogP contribution in [0.1, 0.15) is 6.92 Å². The van der Waals surface area contributed by atoms with E-state index >= 15 is 0 Å². The van der Waals surface area contributed by atoms with Crippen molar-refractivity contribution in [2.45, 2.75) is 6.92 Å². The van der Waals surface area contributed by atoms with Crippen molar-refractivity contribution < 1.29 is 14.0 Å². The molecule has 0 radical (unpaired) electrons. The third kappa shape index (κ3) is 3.55. The molecule has 0 fully saturated rings. The summed E-state index contributed by atoms with van der Waals surface area (Å²) in [4.78, 5) is 13.1. The number of pyridine rings is 2. The molecule has 4 aromatic rings. The molecule has 0 saturated heterocycles. The molecule has 0 unspecified atom stereocenters. The van der Waals surface area contributed by atoms with Crippen molar-refractivity contribution in [3.63, 3.8) is 0 Å². The summed E-state index contributed by atoms with van der Waals surface area (Å²) in [6.07, 6.45) is 3.35. The zero-order chi connectivity index (χ0) is 19.3. The molecule has 140 valence electrons. The Hall–Kier alpha value is -3.74. The van der Waals surface area contributed by atoms with Gasteiger partial charge in [-0.25, -0.2) is 4.98 Å². The first-order valence-electron chi connectivity index (χ1n) is 8.81. The third-order valence-electron chi connectivity index (χ3n) is 4.10. The van der Waals surface area contributed by atoms with Gasteiger partial charge in [-0.05, 0) is 43.3 Å². The molecule has 0 bridgehead atoms. The summed E-state index contributed by atoms with van der Waals surface area (Å²) < 4.78 is 16.4. The summed E-state index contributed by atoms with van der Waals surface area (Å²) in [5.41, 5.74) is 3.16. The number of aromatic nitrogens is 4. The number of nitrogens with zero attached hydrogens (tertiary/aromatic N) is 4. The molecule has 0 spiro atoms. The van der Waals surface area contributed by atoms with E-state index in [2.05, 4.69) is 20.1 Å². The summed E-state index contributed by atoms with van der Waals surface area (Å²) in [5.74, 6) is 2.04. The molecular formula is C21H18N4O3. The zero-order valence-corrected chi connectivity index (χ0v) is 15.5. The Kier molecular flexibility index (Phi) is 4.97. The number of hydrogen-bond acceptors (Lipinski definition) is 7. The fourth-order valence-corrected chi connectivity index (χ4v) is 2.75. The van der Waals surface area contributed by atoms with Gasteiger partial charge in [-0.1, -0.05) is 17.3 Å². The zero-order valence-electron chi connectivity index (χ0n) is 15.5. The molecule has 7 heteroatoms. The van der Waals surface area contributed by atoms with Gasteiger partial charge >= 0.3 is 0 Å². The fraction of sp³-hybridized carbons (Fsp3) is 0.143. The Labute approximate surface area is 162 Å². The smallest absolute Gasteiger partial charge is 0.258 e. The monoisotopic (exact) mass is 374 g/mol. The summed E-state index contributed by atoms with van der Waals surface area (Å²) in [7, 11) is 1.64. The van der Waals surface area contributed by atoms with E-state index < -0.39 is 0 Å². The van der Waals surface area contributed by atoms with Crippen LogP contribution < -0.4 is 9.47 Å². The van der Waals surface area contributed by atoms with E-state index in [4.69, 9.17) is 14.0 Å². The van der Waals surface area contributed by atoms with Gasteiger partial charge < -0.3 is 14.0 Å². The van der Waals surface area contributed by atoms with Crippen molar-refractivity contribution in [2.24, 2.45) is 0 Å². The van der Waals surface area contributed by atoms with Crippen molar-refractivity contribution in [3.8, 4) is 45.7 Å². The lowest BCUT2D eigenvalue weighted by Gasteiger charge is -2.09. The molecule has 1 aromatic carbocycles. The summed E-state index contributed by atoms with van der Waals surface area (Å²) in [5, 5.41) is 4.09. The second-order valence-electron chi connectivity index (χ2n) is 5.87. The predicted molar refractivity (Wildman–Crippen MR) is 104 cm³/mol. The van der Waals surface area contributed by atoms with Crippen LogP contribution in [0.3, 0.4) is 0 Å². The van der Waals surface area contributed by atoms with Gasteiger partial charge in [0.2, 0.25) is 11.7 Å². The van der Waals surface area contributed by atoms with Crippen LogP contribution in [0.2, 0.25) is 0 Å². The van der Waals surface area contributed by atoms with Crippen LogP contribution in [-0.2, 0) is 0 Å². The van der Waals surface area contributed by atoms with Crippen LogP contribution in [0.15, 0.2) is 65.4 Å². The van der Waals surface area contributed by atoms with Crippen molar-refractivity contribution >= 4 is 0 Å². The average Bonchev–Trinajstić information content (AvgIpc) is 3.25.